The Morgan fingerprint density at radius 1 is 0.935 bits per heavy atom. The van der Waals surface area contributed by atoms with Gasteiger partial charge in [-0.05, 0) is 47.5 Å². The quantitative estimate of drug-likeness (QED) is 0.425. The number of hydrogen-bond donors (Lipinski definition) is 2. The highest BCUT2D eigenvalue weighted by molar-refractivity contribution is 6.30. The molecule has 0 aliphatic carbocycles. The molecular formula is C24H21ClN2O4. The van der Waals surface area contributed by atoms with E-state index in [9.17, 15) is 14.4 Å². The lowest BCUT2D eigenvalue weighted by molar-refractivity contribution is -0.131. The number of esters is 1. The molecule has 3 aromatic carbocycles. The largest absolute Gasteiger partial charge is 0.427 e. The SMILES string of the molecule is CC(=O)Oc1cccc(C(=O)Nc2ccccc2CNC(=O)Cc2cccc(Cl)c2)c1. The maximum absolute atomic E-state index is 12.7. The summed E-state index contributed by atoms with van der Waals surface area (Å²) in [7, 11) is 0. The fourth-order valence-electron chi connectivity index (χ4n) is 2.95. The second kappa shape index (κ2) is 10.4. The number of benzene rings is 3. The molecule has 3 aromatic rings. The van der Waals surface area contributed by atoms with Crippen LogP contribution in [0.3, 0.4) is 0 Å². The second-order valence-electron chi connectivity index (χ2n) is 6.82. The Hall–Kier alpha value is -3.64. The first kappa shape index (κ1) is 22.1. The van der Waals surface area contributed by atoms with Crippen molar-refractivity contribution in [1.82, 2.24) is 5.32 Å². The molecule has 0 spiro atoms. The van der Waals surface area contributed by atoms with Gasteiger partial charge in [0.25, 0.3) is 5.91 Å². The van der Waals surface area contributed by atoms with Crippen molar-refractivity contribution in [3.05, 3.63) is 94.5 Å². The number of carbonyl (C=O) groups excluding carboxylic acids is 3. The summed E-state index contributed by atoms with van der Waals surface area (Å²) in [6, 6.07) is 20.7. The third kappa shape index (κ3) is 6.69. The summed E-state index contributed by atoms with van der Waals surface area (Å²) in [5, 5.41) is 6.28. The zero-order valence-corrected chi connectivity index (χ0v) is 17.6. The highest BCUT2D eigenvalue weighted by Gasteiger charge is 2.12. The molecule has 0 aliphatic rings. The Balaban J connectivity index is 1.64. The van der Waals surface area contributed by atoms with E-state index in [4.69, 9.17) is 16.3 Å². The molecule has 0 bridgehead atoms. The molecule has 7 heteroatoms. The maximum atomic E-state index is 12.7. The summed E-state index contributed by atoms with van der Waals surface area (Å²) in [4.78, 5) is 36.1. The topological polar surface area (TPSA) is 84.5 Å². The number of anilines is 1. The van der Waals surface area contributed by atoms with Crippen LogP contribution in [0.5, 0.6) is 5.75 Å². The molecule has 2 amide bonds. The molecule has 0 aromatic heterocycles. The molecule has 0 unspecified atom stereocenters. The molecule has 3 rings (SSSR count). The third-order valence-corrected chi connectivity index (χ3v) is 4.59. The molecule has 0 saturated carbocycles. The van der Waals surface area contributed by atoms with E-state index in [1.807, 2.05) is 18.2 Å². The predicted octanol–water partition coefficient (Wildman–Crippen LogP) is 4.38. The first-order chi connectivity index (χ1) is 14.9. The minimum atomic E-state index is -0.462. The van der Waals surface area contributed by atoms with Crippen molar-refractivity contribution in [2.45, 2.75) is 19.9 Å². The number of amides is 2. The molecule has 6 nitrogen and oxygen atoms in total. The van der Waals surface area contributed by atoms with Gasteiger partial charge in [-0.25, -0.2) is 0 Å². The smallest absolute Gasteiger partial charge is 0.308 e. The fraction of sp³-hybridized carbons (Fsp3) is 0.125. The van der Waals surface area contributed by atoms with Gasteiger partial charge in [0.2, 0.25) is 5.91 Å². The molecule has 158 valence electrons. The Bertz CT molecular complexity index is 1110. The minimum absolute atomic E-state index is 0.155. The van der Waals surface area contributed by atoms with Gasteiger partial charge in [-0.15, -0.1) is 0 Å². The summed E-state index contributed by atoms with van der Waals surface area (Å²) < 4.78 is 5.03. The molecular weight excluding hydrogens is 416 g/mol. The summed E-state index contributed by atoms with van der Waals surface area (Å²) in [6.45, 7) is 1.55. The molecule has 0 aliphatic heterocycles. The first-order valence-electron chi connectivity index (χ1n) is 9.59. The lowest BCUT2D eigenvalue weighted by atomic mass is 10.1. The first-order valence-corrected chi connectivity index (χ1v) is 9.97. The summed E-state index contributed by atoms with van der Waals surface area (Å²) in [5.74, 6) is -0.678. The highest BCUT2D eigenvalue weighted by atomic mass is 35.5. The summed E-state index contributed by atoms with van der Waals surface area (Å²) in [6.07, 6.45) is 0.206. The van der Waals surface area contributed by atoms with Gasteiger partial charge in [0.1, 0.15) is 5.75 Å². The van der Waals surface area contributed by atoms with Gasteiger partial charge >= 0.3 is 5.97 Å². The third-order valence-electron chi connectivity index (χ3n) is 4.35. The van der Waals surface area contributed by atoms with E-state index in [1.54, 1.807) is 48.5 Å². The number of carbonyl (C=O) groups is 3. The van der Waals surface area contributed by atoms with Gasteiger partial charge < -0.3 is 15.4 Å². The van der Waals surface area contributed by atoms with Crippen LogP contribution in [0.1, 0.15) is 28.4 Å². The summed E-state index contributed by atoms with van der Waals surface area (Å²) >= 11 is 5.96. The monoisotopic (exact) mass is 436 g/mol. The number of nitrogens with one attached hydrogen (secondary N) is 2. The summed E-state index contributed by atoms with van der Waals surface area (Å²) in [5.41, 5.74) is 2.50. The van der Waals surface area contributed by atoms with Crippen molar-refractivity contribution >= 4 is 35.1 Å². The number of para-hydroxylation sites is 1. The number of hydrogen-bond acceptors (Lipinski definition) is 4. The van der Waals surface area contributed by atoms with Crippen LogP contribution in [0.25, 0.3) is 0 Å². The molecule has 0 radical (unpaired) electrons. The van der Waals surface area contributed by atoms with E-state index in [0.717, 1.165) is 11.1 Å². The normalized spacial score (nSPS) is 10.3. The van der Waals surface area contributed by atoms with Gasteiger partial charge in [0.05, 0.1) is 6.42 Å². The number of halogens is 1. The Labute approximate surface area is 185 Å². The maximum Gasteiger partial charge on any atom is 0.308 e. The lowest BCUT2D eigenvalue weighted by Gasteiger charge is -2.13. The average molecular weight is 437 g/mol. The van der Waals surface area contributed by atoms with E-state index in [-0.39, 0.29) is 24.8 Å². The number of rotatable bonds is 7. The Morgan fingerprint density at radius 2 is 1.71 bits per heavy atom. The van der Waals surface area contributed by atoms with Crippen molar-refractivity contribution < 1.29 is 19.1 Å². The van der Waals surface area contributed by atoms with Crippen molar-refractivity contribution in [1.29, 1.82) is 0 Å². The predicted molar refractivity (Wildman–Crippen MR) is 119 cm³/mol. The standard InChI is InChI=1S/C24H21ClN2O4/c1-16(28)31-21-10-5-8-18(14-21)24(30)27-22-11-3-2-7-19(22)15-26-23(29)13-17-6-4-9-20(25)12-17/h2-12,14H,13,15H2,1H3,(H,26,29)(H,27,30). The van der Waals surface area contributed by atoms with E-state index >= 15 is 0 Å². The molecule has 0 saturated heterocycles. The molecule has 0 fully saturated rings. The van der Waals surface area contributed by atoms with Gasteiger partial charge in [0, 0.05) is 29.7 Å². The van der Waals surface area contributed by atoms with Gasteiger partial charge in [0.15, 0.2) is 0 Å². The average Bonchev–Trinajstić information content (AvgIpc) is 2.73. The van der Waals surface area contributed by atoms with Crippen LogP contribution < -0.4 is 15.4 Å². The van der Waals surface area contributed by atoms with Crippen molar-refractivity contribution in [3.63, 3.8) is 0 Å². The van der Waals surface area contributed by atoms with E-state index in [1.165, 1.54) is 13.0 Å². The molecule has 0 heterocycles. The van der Waals surface area contributed by atoms with Crippen molar-refractivity contribution in [2.75, 3.05) is 5.32 Å². The molecule has 2 N–H and O–H groups in total. The van der Waals surface area contributed by atoms with Crippen LogP contribution in [0.15, 0.2) is 72.8 Å². The van der Waals surface area contributed by atoms with Crippen molar-refractivity contribution in [3.8, 4) is 5.75 Å². The lowest BCUT2D eigenvalue weighted by Crippen LogP contribution is -2.25. The van der Waals surface area contributed by atoms with Gasteiger partial charge in [-0.2, -0.15) is 0 Å². The van der Waals surface area contributed by atoms with E-state index in [2.05, 4.69) is 10.6 Å². The van der Waals surface area contributed by atoms with Crippen LogP contribution >= 0.6 is 11.6 Å². The Kier molecular flexibility index (Phi) is 7.40. The highest BCUT2D eigenvalue weighted by Crippen LogP contribution is 2.19. The van der Waals surface area contributed by atoms with E-state index in [0.29, 0.717) is 22.0 Å². The second-order valence-corrected chi connectivity index (χ2v) is 7.25. The van der Waals surface area contributed by atoms with Gasteiger partial charge in [-0.1, -0.05) is 48.0 Å². The zero-order valence-electron chi connectivity index (χ0n) is 16.9. The molecule has 31 heavy (non-hydrogen) atoms. The Morgan fingerprint density at radius 3 is 2.48 bits per heavy atom. The van der Waals surface area contributed by atoms with Crippen LogP contribution in [0, 0.1) is 0 Å². The van der Waals surface area contributed by atoms with Crippen LogP contribution in [0.2, 0.25) is 5.02 Å². The van der Waals surface area contributed by atoms with Crippen molar-refractivity contribution in [2.24, 2.45) is 0 Å². The molecule has 0 atom stereocenters. The fourth-order valence-corrected chi connectivity index (χ4v) is 3.16. The van der Waals surface area contributed by atoms with Gasteiger partial charge in [-0.3, -0.25) is 14.4 Å². The van der Waals surface area contributed by atoms with Crippen LogP contribution in [-0.2, 0) is 22.6 Å². The zero-order chi connectivity index (χ0) is 22.2. The van der Waals surface area contributed by atoms with Crippen LogP contribution in [0.4, 0.5) is 5.69 Å². The van der Waals surface area contributed by atoms with E-state index < -0.39 is 5.97 Å². The number of ether oxygens (including phenoxy) is 1. The minimum Gasteiger partial charge on any atom is -0.427 e. The van der Waals surface area contributed by atoms with Crippen LogP contribution in [-0.4, -0.2) is 17.8 Å².